The fourth-order valence-electron chi connectivity index (χ4n) is 2.55. The summed E-state index contributed by atoms with van der Waals surface area (Å²) in [7, 11) is -1.64. The molecule has 1 aromatic rings. The third-order valence-electron chi connectivity index (χ3n) is 3.60. The molecule has 6 heteroatoms. The van der Waals surface area contributed by atoms with Gasteiger partial charge in [-0.3, -0.25) is 9.00 Å². The molecule has 0 aliphatic heterocycles. The number of carbonyl (C=O) groups excluding carboxylic acids is 1. The molecule has 0 aromatic heterocycles. The summed E-state index contributed by atoms with van der Waals surface area (Å²) in [4.78, 5) is 23.2. The lowest BCUT2D eigenvalue weighted by Crippen LogP contribution is -2.38. The van der Waals surface area contributed by atoms with Gasteiger partial charge in [0.05, 0.1) is 21.3 Å². The van der Waals surface area contributed by atoms with Crippen LogP contribution in [0.15, 0.2) is 29.2 Å². The highest BCUT2D eigenvalue weighted by molar-refractivity contribution is 7.85. The maximum absolute atomic E-state index is 12.2. The molecule has 2 rings (SSSR count). The molecule has 2 N–H and O–H groups in total. The van der Waals surface area contributed by atoms with Crippen LogP contribution in [0.25, 0.3) is 0 Å². The van der Waals surface area contributed by atoms with E-state index in [-0.39, 0.29) is 28.2 Å². The molecule has 1 saturated carbocycles. The minimum Gasteiger partial charge on any atom is -0.478 e. The van der Waals surface area contributed by atoms with Gasteiger partial charge in [0, 0.05) is 6.04 Å². The molecule has 21 heavy (non-hydrogen) atoms. The van der Waals surface area contributed by atoms with E-state index >= 15 is 0 Å². The lowest BCUT2D eigenvalue weighted by Gasteiger charge is -2.22. The molecule has 0 heterocycles. The molecule has 0 radical (unpaired) electrons. The fraction of sp³-hybridized carbons (Fsp3) is 0.467. The lowest BCUT2D eigenvalue weighted by molar-refractivity contribution is -0.119. The van der Waals surface area contributed by atoms with Gasteiger partial charge in [-0.1, -0.05) is 31.4 Å². The Labute approximate surface area is 126 Å². The van der Waals surface area contributed by atoms with E-state index in [1.807, 2.05) is 0 Å². The maximum atomic E-state index is 12.2. The number of rotatable bonds is 5. The molecule has 0 saturated heterocycles. The van der Waals surface area contributed by atoms with E-state index in [9.17, 15) is 13.8 Å². The molecule has 1 aliphatic carbocycles. The highest BCUT2D eigenvalue weighted by atomic mass is 32.2. The minimum atomic E-state index is -1.64. The van der Waals surface area contributed by atoms with Crippen LogP contribution in [0.1, 0.15) is 42.5 Å². The Bertz CT molecular complexity index is 552. The van der Waals surface area contributed by atoms with Gasteiger partial charge in [-0.15, -0.1) is 0 Å². The number of benzene rings is 1. The van der Waals surface area contributed by atoms with Crippen LogP contribution in [-0.2, 0) is 15.6 Å². The Hall–Kier alpha value is -1.69. The van der Waals surface area contributed by atoms with Crippen molar-refractivity contribution in [3.8, 4) is 0 Å². The van der Waals surface area contributed by atoms with Gasteiger partial charge >= 0.3 is 5.97 Å². The topological polar surface area (TPSA) is 83.5 Å². The summed E-state index contributed by atoms with van der Waals surface area (Å²) < 4.78 is 12.2. The number of amides is 1. The predicted molar refractivity (Wildman–Crippen MR) is 79.7 cm³/mol. The number of carboxylic acids is 1. The van der Waals surface area contributed by atoms with E-state index < -0.39 is 16.8 Å². The molecular formula is C15H19NO4S. The third kappa shape index (κ3) is 4.39. The number of carboxylic acid groups (broad SMARTS) is 1. The second kappa shape index (κ2) is 7.36. The van der Waals surface area contributed by atoms with Gasteiger partial charge in [0.15, 0.2) is 0 Å². The molecule has 1 fully saturated rings. The molecule has 1 aromatic carbocycles. The molecule has 0 bridgehead atoms. The summed E-state index contributed by atoms with van der Waals surface area (Å²) in [5, 5.41) is 12.0. The Morgan fingerprint density at radius 3 is 2.52 bits per heavy atom. The van der Waals surface area contributed by atoms with Crippen LogP contribution in [0.4, 0.5) is 0 Å². The Morgan fingerprint density at radius 2 is 1.86 bits per heavy atom. The highest BCUT2D eigenvalue weighted by Crippen LogP contribution is 2.18. The van der Waals surface area contributed by atoms with Crippen LogP contribution in [0, 0.1) is 0 Å². The lowest BCUT2D eigenvalue weighted by atomic mass is 9.95. The molecular weight excluding hydrogens is 290 g/mol. The zero-order valence-electron chi connectivity index (χ0n) is 11.7. The number of carbonyl (C=O) groups is 2. The number of hydrogen-bond acceptors (Lipinski definition) is 3. The van der Waals surface area contributed by atoms with Crippen molar-refractivity contribution in [2.24, 2.45) is 0 Å². The van der Waals surface area contributed by atoms with E-state index in [1.165, 1.54) is 18.6 Å². The van der Waals surface area contributed by atoms with Crippen molar-refractivity contribution in [1.82, 2.24) is 5.32 Å². The largest absolute Gasteiger partial charge is 0.478 e. The Balaban J connectivity index is 1.97. The smallest absolute Gasteiger partial charge is 0.336 e. The van der Waals surface area contributed by atoms with Crippen LogP contribution in [-0.4, -0.2) is 33.0 Å². The standard InChI is InChI=1S/C15H19NO4S/c17-14(16-11-6-2-1-3-7-11)10-21(20)13-9-5-4-8-12(13)15(18)19/h4-5,8-9,11H,1-3,6-7,10H2,(H,16,17)(H,18,19). The first-order valence-electron chi connectivity index (χ1n) is 7.08. The van der Waals surface area contributed by atoms with Gasteiger partial charge in [0.25, 0.3) is 0 Å². The molecule has 1 amide bonds. The van der Waals surface area contributed by atoms with E-state index in [0.29, 0.717) is 0 Å². The van der Waals surface area contributed by atoms with Crippen LogP contribution >= 0.6 is 0 Å². The van der Waals surface area contributed by atoms with Crippen molar-refractivity contribution >= 4 is 22.7 Å². The van der Waals surface area contributed by atoms with Gasteiger partial charge in [0.2, 0.25) is 5.91 Å². The summed E-state index contributed by atoms with van der Waals surface area (Å²) in [6, 6.07) is 6.26. The van der Waals surface area contributed by atoms with Crippen LogP contribution < -0.4 is 5.32 Å². The van der Waals surface area contributed by atoms with E-state index in [0.717, 1.165) is 25.7 Å². The van der Waals surface area contributed by atoms with Gasteiger partial charge in [-0.25, -0.2) is 4.79 Å². The van der Waals surface area contributed by atoms with E-state index in [2.05, 4.69) is 5.32 Å². The minimum absolute atomic E-state index is 0.0127. The normalized spacial score (nSPS) is 17.1. The Kier molecular flexibility index (Phi) is 5.50. The van der Waals surface area contributed by atoms with Crippen molar-refractivity contribution in [3.05, 3.63) is 29.8 Å². The summed E-state index contributed by atoms with van der Waals surface area (Å²) in [6.07, 6.45) is 5.34. The van der Waals surface area contributed by atoms with E-state index in [1.54, 1.807) is 12.1 Å². The predicted octanol–water partition coefficient (Wildman–Crippen LogP) is 1.94. The molecule has 114 valence electrons. The van der Waals surface area contributed by atoms with Crippen LogP contribution in [0.5, 0.6) is 0 Å². The van der Waals surface area contributed by atoms with Gasteiger partial charge in [-0.05, 0) is 25.0 Å². The fourth-order valence-corrected chi connectivity index (χ4v) is 3.66. The summed E-state index contributed by atoms with van der Waals surface area (Å²) >= 11 is 0. The third-order valence-corrected chi connectivity index (χ3v) is 4.97. The summed E-state index contributed by atoms with van der Waals surface area (Å²) in [5.74, 6) is -1.60. The molecule has 0 spiro atoms. The second-order valence-electron chi connectivity index (χ2n) is 5.19. The Morgan fingerprint density at radius 1 is 1.19 bits per heavy atom. The first kappa shape index (κ1) is 15.7. The van der Waals surface area contributed by atoms with Gasteiger partial charge in [0.1, 0.15) is 5.75 Å². The van der Waals surface area contributed by atoms with Crippen LogP contribution in [0.2, 0.25) is 0 Å². The van der Waals surface area contributed by atoms with Crippen molar-refractivity contribution < 1.29 is 18.9 Å². The maximum Gasteiger partial charge on any atom is 0.336 e. The average Bonchev–Trinajstić information content (AvgIpc) is 2.48. The SMILES string of the molecule is O=C(CS(=O)c1ccccc1C(=O)O)NC1CCCCC1. The quantitative estimate of drug-likeness (QED) is 0.870. The first-order chi connectivity index (χ1) is 10.1. The zero-order valence-corrected chi connectivity index (χ0v) is 12.5. The van der Waals surface area contributed by atoms with Gasteiger partial charge < -0.3 is 10.4 Å². The molecule has 1 unspecified atom stereocenters. The summed E-state index contributed by atoms with van der Waals surface area (Å²) in [5.41, 5.74) is -0.0127. The second-order valence-corrected chi connectivity index (χ2v) is 6.61. The van der Waals surface area contributed by atoms with Crippen LogP contribution in [0.3, 0.4) is 0 Å². The molecule has 5 nitrogen and oxygen atoms in total. The van der Waals surface area contributed by atoms with Crippen molar-refractivity contribution in [1.29, 1.82) is 0 Å². The monoisotopic (exact) mass is 309 g/mol. The summed E-state index contributed by atoms with van der Waals surface area (Å²) in [6.45, 7) is 0. The average molecular weight is 309 g/mol. The highest BCUT2D eigenvalue weighted by Gasteiger charge is 2.20. The zero-order chi connectivity index (χ0) is 15.2. The first-order valence-corrected chi connectivity index (χ1v) is 8.40. The number of aromatic carboxylic acids is 1. The van der Waals surface area contributed by atoms with Crippen molar-refractivity contribution in [2.75, 3.05) is 5.75 Å². The molecule has 1 aliphatic rings. The van der Waals surface area contributed by atoms with Crippen molar-refractivity contribution in [3.63, 3.8) is 0 Å². The van der Waals surface area contributed by atoms with E-state index in [4.69, 9.17) is 5.11 Å². The molecule has 1 atom stereocenters. The van der Waals surface area contributed by atoms with Crippen molar-refractivity contribution in [2.45, 2.75) is 43.0 Å². The number of nitrogens with one attached hydrogen (secondary N) is 1. The van der Waals surface area contributed by atoms with Gasteiger partial charge in [-0.2, -0.15) is 0 Å². The number of hydrogen-bond donors (Lipinski definition) is 2.